The quantitative estimate of drug-likeness (QED) is 0.238. The second-order valence-corrected chi connectivity index (χ2v) is 11.6. The first kappa shape index (κ1) is 22.9. The molecule has 2 aliphatic rings. The van der Waals surface area contributed by atoms with Gasteiger partial charge in [0, 0.05) is 16.8 Å². The minimum atomic E-state index is -0.503. The topological polar surface area (TPSA) is 12.5 Å². The molecule has 5 aromatic rings. The van der Waals surface area contributed by atoms with Gasteiger partial charge in [0.25, 0.3) is 0 Å². The normalized spacial score (nSPS) is 14.7. The smallest absolute Gasteiger partial charge is 0.135 e. The molecule has 0 aromatic heterocycles. The van der Waals surface area contributed by atoms with Gasteiger partial charge in [-0.05, 0) is 58.9 Å². The van der Waals surface area contributed by atoms with E-state index in [9.17, 15) is 0 Å². The number of nitrogens with zero attached hydrogens (tertiary/aromatic N) is 1. The van der Waals surface area contributed by atoms with Crippen LogP contribution in [0.15, 0.2) is 121 Å². The Morgan fingerprint density at radius 2 is 1.13 bits per heavy atom. The van der Waals surface area contributed by atoms with Gasteiger partial charge in [-0.15, -0.1) is 0 Å². The minimum Gasteiger partial charge on any atom is -0.456 e. The first-order valence-corrected chi connectivity index (χ1v) is 13.4. The van der Waals surface area contributed by atoms with Gasteiger partial charge in [-0.2, -0.15) is 0 Å². The lowest BCUT2D eigenvalue weighted by atomic mass is 9.61. The Labute approximate surface area is 225 Å². The van der Waals surface area contributed by atoms with Crippen molar-refractivity contribution in [2.75, 3.05) is 4.90 Å². The summed E-state index contributed by atoms with van der Waals surface area (Å²) in [5.41, 5.74) is 9.38. The molecule has 2 heteroatoms. The van der Waals surface area contributed by atoms with E-state index in [4.69, 9.17) is 4.74 Å². The molecule has 0 radical (unpaired) electrons. The van der Waals surface area contributed by atoms with Gasteiger partial charge >= 0.3 is 0 Å². The standard InChI is InChI=1S/C36H31NO/c1-35(2,3)24-25-14-13-20-30-34(25)38-33-23-12-9-19-29(33)36(30)27-17-7-10-21-31(27)37(26-15-5-4-6-16-26)32-22-11-8-18-28(32)36/h4-23H,24H2,1-3H3. The van der Waals surface area contributed by atoms with Crippen LogP contribution in [0.5, 0.6) is 11.5 Å². The summed E-state index contributed by atoms with van der Waals surface area (Å²) in [7, 11) is 0. The maximum atomic E-state index is 6.81. The van der Waals surface area contributed by atoms with Crippen LogP contribution in [0, 0.1) is 5.41 Å². The summed E-state index contributed by atoms with van der Waals surface area (Å²) in [5.74, 6) is 1.93. The van der Waals surface area contributed by atoms with E-state index in [1.807, 2.05) is 0 Å². The van der Waals surface area contributed by atoms with Crippen LogP contribution in [0.3, 0.4) is 0 Å². The van der Waals surface area contributed by atoms with Crippen molar-refractivity contribution in [1.82, 2.24) is 0 Å². The molecule has 2 heterocycles. The Hall–Kier alpha value is -4.30. The van der Waals surface area contributed by atoms with E-state index in [1.165, 1.54) is 39.2 Å². The fourth-order valence-corrected chi connectivity index (χ4v) is 6.51. The molecular weight excluding hydrogens is 462 g/mol. The van der Waals surface area contributed by atoms with Crippen molar-refractivity contribution in [3.05, 3.63) is 149 Å². The summed E-state index contributed by atoms with van der Waals surface area (Å²) in [6.07, 6.45) is 0.938. The van der Waals surface area contributed by atoms with Crippen LogP contribution < -0.4 is 9.64 Å². The molecule has 0 bridgehead atoms. The van der Waals surface area contributed by atoms with Crippen LogP contribution in [0.1, 0.15) is 48.6 Å². The van der Waals surface area contributed by atoms with E-state index in [2.05, 4.69) is 147 Å². The second-order valence-electron chi connectivity index (χ2n) is 11.6. The highest BCUT2D eigenvalue weighted by Gasteiger charge is 2.51. The Kier molecular flexibility index (Phi) is 5.03. The molecule has 0 atom stereocenters. The lowest BCUT2D eigenvalue weighted by Crippen LogP contribution is -2.40. The molecule has 38 heavy (non-hydrogen) atoms. The van der Waals surface area contributed by atoms with E-state index >= 15 is 0 Å². The molecule has 0 unspecified atom stereocenters. The molecular formula is C36H31NO. The highest BCUT2D eigenvalue weighted by atomic mass is 16.5. The van der Waals surface area contributed by atoms with Crippen molar-refractivity contribution in [3.63, 3.8) is 0 Å². The average molecular weight is 494 g/mol. The number of benzene rings is 5. The van der Waals surface area contributed by atoms with Crippen molar-refractivity contribution in [2.45, 2.75) is 32.6 Å². The lowest BCUT2D eigenvalue weighted by Gasteiger charge is -2.49. The molecule has 5 aromatic carbocycles. The van der Waals surface area contributed by atoms with Crippen LogP contribution in [0.2, 0.25) is 0 Å². The third-order valence-electron chi connectivity index (χ3n) is 7.84. The number of hydrogen-bond acceptors (Lipinski definition) is 2. The Balaban J connectivity index is 1.63. The fraction of sp³-hybridized carbons (Fsp3) is 0.167. The molecule has 2 nitrogen and oxygen atoms in total. The first-order valence-electron chi connectivity index (χ1n) is 13.4. The summed E-state index contributed by atoms with van der Waals surface area (Å²) in [6, 6.07) is 43.8. The van der Waals surface area contributed by atoms with Crippen molar-refractivity contribution >= 4 is 17.1 Å². The molecule has 0 amide bonds. The number of ether oxygens (including phenoxy) is 1. The Morgan fingerprint density at radius 1 is 0.579 bits per heavy atom. The van der Waals surface area contributed by atoms with Gasteiger partial charge in [0.15, 0.2) is 0 Å². The van der Waals surface area contributed by atoms with Gasteiger partial charge in [-0.25, -0.2) is 0 Å². The van der Waals surface area contributed by atoms with E-state index in [0.29, 0.717) is 0 Å². The zero-order valence-electron chi connectivity index (χ0n) is 22.1. The third kappa shape index (κ3) is 3.26. The molecule has 0 saturated carbocycles. The molecule has 0 N–H and O–H groups in total. The molecule has 186 valence electrons. The van der Waals surface area contributed by atoms with Crippen LogP contribution in [-0.4, -0.2) is 0 Å². The van der Waals surface area contributed by atoms with Crippen molar-refractivity contribution in [2.24, 2.45) is 5.41 Å². The van der Waals surface area contributed by atoms with Crippen LogP contribution in [-0.2, 0) is 11.8 Å². The summed E-state index contributed by atoms with van der Waals surface area (Å²) in [5, 5.41) is 0. The maximum Gasteiger partial charge on any atom is 0.135 e. The molecule has 2 aliphatic heterocycles. The molecule has 0 aliphatic carbocycles. The Morgan fingerprint density at radius 3 is 1.79 bits per heavy atom. The summed E-state index contributed by atoms with van der Waals surface area (Å²) in [6.45, 7) is 6.88. The number of anilines is 3. The minimum absolute atomic E-state index is 0.134. The van der Waals surface area contributed by atoms with Crippen LogP contribution >= 0.6 is 0 Å². The van der Waals surface area contributed by atoms with Gasteiger partial charge < -0.3 is 9.64 Å². The average Bonchev–Trinajstić information content (AvgIpc) is 2.93. The monoisotopic (exact) mass is 493 g/mol. The summed E-state index contributed by atoms with van der Waals surface area (Å²) < 4.78 is 6.81. The second kappa shape index (κ2) is 8.36. The molecule has 0 saturated heterocycles. The maximum absolute atomic E-state index is 6.81. The van der Waals surface area contributed by atoms with Gasteiger partial charge in [-0.3, -0.25) is 0 Å². The summed E-state index contributed by atoms with van der Waals surface area (Å²) >= 11 is 0. The van der Waals surface area contributed by atoms with E-state index in [0.717, 1.165) is 23.6 Å². The zero-order chi connectivity index (χ0) is 25.9. The van der Waals surface area contributed by atoms with Gasteiger partial charge in [0.05, 0.1) is 16.8 Å². The van der Waals surface area contributed by atoms with Gasteiger partial charge in [-0.1, -0.05) is 112 Å². The highest BCUT2D eigenvalue weighted by Crippen LogP contribution is 2.63. The molecule has 1 spiro atoms. The number of fused-ring (bicyclic) bond motifs is 8. The van der Waals surface area contributed by atoms with Crippen molar-refractivity contribution < 1.29 is 4.74 Å². The van der Waals surface area contributed by atoms with Crippen molar-refractivity contribution in [3.8, 4) is 11.5 Å². The number of para-hydroxylation sites is 5. The predicted octanol–water partition coefficient (Wildman–Crippen LogP) is 9.55. The number of rotatable bonds is 2. The summed E-state index contributed by atoms with van der Waals surface area (Å²) in [4.78, 5) is 2.41. The molecule has 7 rings (SSSR count). The largest absolute Gasteiger partial charge is 0.456 e. The number of hydrogen-bond donors (Lipinski definition) is 0. The van der Waals surface area contributed by atoms with Gasteiger partial charge in [0.2, 0.25) is 0 Å². The highest BCUT2D eigenvalue weighted by molar-refractivity contribution is 5.90. The van der Waals surface area contributed by atoms with E-state index in [-0.39, 0.29) is 5.41 Å². The Bertz CT molecular complexity index is 1610. The van der Waals surface area contributed by atoms with Crippen LogP contribution in [0.25, 0.3) is 0 Å². The third-order valence-corrected chi connectivity index (χ3v) is 7.84. The first-order chi connectivity index (χ1) is 18.5. The van der Waals surface area contributed by atoms with E-state index in [1.54, 1.807) is 0 Å². The van der Waals surface area contributed by atoms with Crippen LogP contribution in [0.4, 0.5) is 17.1 Å². The fourth-order valence-electron chi connectivity index (χ4n) is 6.51. The van der Waals surface area contributed by atoms with E-state index < -0.39 is 5.41 Å². The zero-order valence-corrected chi connectivity index (χ0v) is 22.1. The lowest BCUT2D eigenvalue weighted by molar-refractivity contribution is 0.386. The SMILES string of the molecule is CC(C)(C)Cc1cccc2c1Oc1ccccc1C21c2ccccc2N(c2ccccc2)c2ccccc21. The van der Waals surface area contributed by atoms with Gasteiger partial charge in [0.1, 0.15) is 11.5 Å². The van der Waals surface area contributed by atoms with Crippen molar-refractivity contribution in [1.29, 1.82) is 0 Å². The predicted molar refractivity (Wildman–Crippen MR) is 156 cm³/mol. The molecule has 0 fully saturated rings.